The fourth-order valence-corrected chi connectivity index (χ4v) is 2.58. The molecule has 128 valence electrons. The summed E-state index contributed by atoms with van der Waals surface area (Å²) in [6.07, 6.45) is 3.80. The molecule has 0 saturated carbocycles. The lowest BCUT2D eigenvalue weighted by Gasteiger charge is -2.15. The normalized spacial score (nSPS) is 12.1. The van der Waals surface area contributed by atoms with Gasteiger partial charge < -0.3 is 5.32 Å². The van der Waals surface area contributed by atoms with Crippen molar-refractivity contribution in [3.63, 3.8) is 0 Å². The van der Waals surface area contributed by atoms with E-state index in [9.17, 15) is 8.78 Å². The van der Waals surface area contributed by atoms with Crippen LogP contribution in [0.15, 0.2) is 60.9 Å². The van der Waals surface area contributed by atoms with Gasteiger partial charge in [0.25, 0.3) is 0 Å². The molecule has 0 aliphatic carbocycles. The molecule has 1 aromatic heterocycles. The number of hydrogen-bond acceptors (Lipinski definition) is 3. The molecule has 0 bridgehead atoms. The molecule has 0 fully saturated rings. The van der Waals surface area contributed by atoms with Crippen molar-refractivity contribution in [2.45, 2.75) is 25.9 Å². The quantitative estimate of drug-likeness (QED) is 0.733. The lowest BCUT2D eigenvalue weighted by Crippen LogP contribution is -2.28. The van der Waals surface area contributed by atoms with Gasteiger partial charge in [-0.2, -0.15) is 0 Å². The summed E-state index contributed by atoms with van der Waals surface area (Å²) in [4.78, 5) is 8.74. The van der Waals surface area contributed by atoms with Gasteiger partial charge in [-0.3, -0.25) is 0 Å². The number of rotatable bonds is 6. The van der Waals surface area contributed by atoms with E-state index in [1.165, 1.54) is 18.2 Å². The van der Waals surface area contributed by atoms with Gasteiger partial charge in [-0.1, -0.05) is 36.4 Å². The Labute approximate surface area is 145 Å². The van der Waals surface area contributed by atoms with Gasteiger partial charge >= 0.3 is 0 Å². The van der Waals surface area contributed by atoms with E-state index in [4.69, 9.17) is 0 Å². The van der Waals surface area contributed by atoms with Gasteiger partial charge in [0.15, 0.2) is 5.82 Å². The van der Waals surface area contributed by atoms with Gasteiger partial charge in [0.05, 0.1) is 0 Å². The molecule has 25 heavy (non-hydrogen) atoms. The minimum atomic E-state index is -0.510. The average molecular weight is 339 g/mol. The molecule has 2 aromatic carbocycles. The average Bonchev–Trinajstić information content (AvgIpc) is 2.64. The van der Waals surface area contributed by atoms with Crippen molar-refractivity contribution in [1.82, 2.24) is 15.3 Å². The second-order valence-corrected chi connectivity index (χ2v) is 5.97. The molecule has 3 nitrogen and oxygen atoms in total. The fraction of sp³-hybridized carbons (Fsp3) is 0.200. The molecule has 1 heterocycles. The summed E-state index contributed by atoms with van der Waals surface area (Å²) in [5.41, 5.74) is 1.99. The number of nitrogens with one attached hydrogen (secondary N) is 1. The molecular formula is C20H19F2N3. The molecule has 0 spiro atoms. The number of nitrogens with zero attached hydrogens (tertiary/aromatic N) is 2. The summed E-state index contributed by atoms with van der Waals surface area (Å²) < 4.78 is 27.4. The minimum absolute atomic E-state index is 0.0831. The monoisotopic (exact) mass is 339 g/mol. The molecule has 0 saturated heterocycles. The SMILES string of the molecule is CC(Cc1c(F)cccc1F)NCc1cnc(-c2ccccc2)nc1. The second kappa shape index (κ2) is 7.94. The van der Waals surface area contributed by atoms with Crippen molar-refractivity contribution in [3.8, 4) is 11.4 Å². The largest absolute Gasteiger partial charge is 0.310 e. The van der Waals surface area contributed by atoms with Crippen LogP contribution in [0.5, 0.6) is 0 Å². The molecule has 1 unspecified atom stereocenters. The van der Waals surface area contributed by atoms with Crippen LogP contribution in [-0.2, 0) is 13.0 Å². The molecule has 3 aromatic rings. The maximum atomic E-state index is 13.7. The van der Waals surface area contributed by atoms with Crippen molar-refractivity contribution in [2.24, 2.45) is 0 Å². The van der Waals surface area contributed by atoms with Crippen LogP contribution in [0.25, 0.3) is 11.4 Å². The van der Waals surface area contributed by atoms with E-state index in [0.717, 1.165) is 11.1 Å². The maximum absolute atomic E-state index is 13.7. The number of aromatic nitrogens is 2. The highest BCUT2D eigenvalue weighted by Gasteiger charge is 2.12. The summed E-state index contributed by atoms with van der Waals surface area (Å²) >= 11 is 0. The lowest BCUT2D eigenvalue weighted by atomic mass is 10.1. The van der Waals surface area contributed by atoms with Crippen molar-refractivity contribution in [1.29, 1.82) is 0 Å². The first-order chi connectivity index (χ1) is 12.1. The van der Waals surface area contributed by atoms with Crippen LogP contribution >= 0.6 is 0 Å². The summed E-state index contributed by atoms with van der Waals surface area (Å²) in [7, 11) is 0. The number of hydrogen-bond donors (Lipinski definition) is 1. The first-order valence-electron chi connectivity index (χ1n) is 8.16. The van der Waals surface area contributed by atoms with Crippen molar-refractivity contribution in [3.05, 3.63) is 83.7 Å². The van der Waals surface area contributed by atoms with Gasteiger partial charge in [0.2, 0.25) is 0 Å². The van der Waals surface area contributed by atoms with Crippen molar-refractivity contribution in [2.75, 3.05) is 0 Å². The van der Waals surface area contributed by atoms with E-state index in [-0.39, 0.29) is 18.0 Å². The zero-order valence-electron chi connectivity index (χ0n) is 13.9. The highest BCUT2D eigenvalue weighted by atomic mass is 19.1. The summed E-state index contributed by atoms with van der Waals surface area (Å²) in [6, 6.07) is 13.6. The smallest absolute Gasteiger partial charge is 0.159 e. The Morgan fingerprint density at radius 1 is 0.920 bits per heavy atom. The third-order valence-corrected chi connectivity index (χ3v) is 3.96. The van der Waals surface area contributed by atoms with Gasteiger partial charge in [-0.05, 0) is 25.5 Å². The van der Waals surface area contributed by atoms with E-state index in [0.29, 0.717) is 12.4 Å². The molecule has 1 atom stereocenters. The topological polar surface area (TPSA) is 37.8 Å². The highest BCUT2D eigenvalue weighted by Crippen LogP contribution is 2.15. The summed E-state index contributed by atoms with van der Waals surface area (Å²) in [5.74, 6) is -0.348. The number of halogens is 2. The van der Waals surface area contributed by atoms with Crippen LogP contribution in [0.1, 0.15) is 18.1 Å². The molecule has 0 amide bonds. The first kappa shape index (κ1) is 17.2. The highest BCUT2D eigenvalue weighted by molar-refractivity contribution is 5.53. The molecular weight excluding hydrogens is 320 g/mol. The zero-order valence-corrected chi connectivity index (χ0v) is 13.9. The van der Waals surface area contributed by atoms with E-state index < -0.39 is 11.6 Å². The lowest BCUT2D eigenvalue weighted by molar-refractivity contribution is 0.499. The Balaban J connectivity index is 1.58. The van der Waals surface area contributed by atoms with E-state index in [1.807, 2.05) is 37.3 Å². The zero-order chi connectivity index (χ0) is 17.6. The predicted octanol–water partition coefficient (Wildman–Crippen LogP) is 4.14. The summed E-state index contributed by atoms with van der Waals surface area (Å²) in [5, 5.41) is 3.25. The van der Waals surface area contributed by atoms with Gasteiger partial charge in [-0.15, -0.1) is 0 Å². The summed E-state index contributed by atoms with van der Waals surface area (Å²) in [6.45, 7) is 2.43. The third kappa shape index (κ3) is 4.45. The van der Waals surface area contributed by atoms with E-state index >= 15 is 0 Å². The van der Waals surface area contributed by atoms with Gasteiger partial charge in [0, 0.05) is 41.7 Å². The van der Waals surface area contributed by atoms with Crippen LogP contribution in [0.3, 0.4) is 0 Å². The van der Waals surface area contributed by atoms with Crippen LogP contribution in [-0.4, -0.2) is 16.0 Å². The standard InChI is InChI=1S/C20H19F2N3/c1-14(10-17-18(21)8-5-9-19(17)22)23-11-15-12-24-20(25-13-15)16-6-3-2-4-7-16/h2-9,12-14,23H,10-11H2,1H3. The van der Waals surface area contributed by atoms with Gasteiger partial charge in [0.1, 0.15) is 11.6 Å². The molecule has 1 N–H and O–H groups in total. The van der Waals surface area contributed by atoms with E-state index in [1.54, 1.807) is 12.4 Å². The van der Waals surface area contributed by atoms with Crippen LogP contribution in [0, 0.1) is 11.6 Å². The Bertz CT molecular complexity index is 800. The second-order valence-electron chi connectivity index (χ2n) is 5.97. The molecule has 3 rings (SSSR count). The van der Waals surface area contributed by atoms with Crippen LogP contribution in [0.4, 0.5) is 8.78 Å². The Hall–Kier alpha value is -2.66. The Kier molecular flexibility index (Phi) is 5.46. The Morgan fingerprint density at radius 3 is 2.20 bits per heavy atom. The van der Waals surface area contributed by atoms with E-state index in [2.05, 4.69) is 15.3 Å². The minimum Gasteiger partial charge on any atom is -0.310 e. The van der Waals surface area contributed by atoms with Crippen LogP contribution < -0.4 is 5.32 Å². The van der Waals surface area contributed by atoms with Gasteiger partial charge in [-0.25, -0.2) is 18.7 Å². The Morgan fingerprint density at radius 2 is 1.56 bits per heavy atom. The van der Waals surface area contributed by atoms with Crippen molar-refractivity contribution < 1.29 is 8.78 Å². The third-order valence-electron chi connectivity index (χ3n) is 3.96. The fourth-order valence-electron chi connectivity index (χ4n) is 2.58. The predicted molar refractivity (Wildman–Crippen MR) is 93.8 cm³/mol. The van der Waals surface area contributed by atoms with Crippen molar-refractivity contribution >= 4 is 0 Å². The molecule has 0 aliphatic heterocycles. The maximum Gasteiger partial charge on any atom is 0.159 e. The number of benzene rings is 2. The first-order valence-corrected chi connectivity index (χ1v) is 8.16. The molecule has 0 radical (unpaired) electrons. The van der Waals surface area contributed by atoms with Crippen LogP contribution in [0.2, 0.25) is 0 Å². The molecule has 0 aliphatic rings. The molecule has 5 heteroatoms.